The molecule has 3 aromatic rings. The topological polar surface area (TPSA) is 97.8 Å². The summed E-state index contributed by atoms with van der Waals surface area (Å²) in [4.78, 5) is 54.6. The summed E-state index contributed by atoms with van der Waals surface area (Å²) in [6, 6.07) is 9.74. The zero-order valence-corrected chi connectivity index (χ0v) is 19.3. The average molecular weight is 453 g/mol. The molecule has 0 aliphatic carbocycles. The Morgan fingerprint density at radius 3 is 2.15 bits per heavy atom. The molecular weight excluding hydrogens is 424 g/mol. The molecule has 1 aliphatic heterocycles. The molecule has 33 heavy (non-hydrogen) atoms. The van der Waals surface area contributed by atoms with Crippen molar-refractivity contribution in [3.63, 3.8) is 0 Å². The Morgan fingerprint density at radius 2 is 1.52 bits per heavy atom. The highest BCUT2D eigenvalue weighted by molar-refractivity contribution is 5.96. The smallest absolute Gasteiger partial charge is 0.349 e. The van der Waals surface area contributed by atoms with Crippen molar-refractivity contribution in [3.8, 4) is 0 Å². The predicted octanol–water partition coefficient (Wildman–Crippen LogP) is 2.24. The minimum atomic E-state index is -0.660. The van der Waals surface area contributed by atoms with Gasteiger partial charge in [-0.25, -0.2) is 9.59 Å². The number of hydrogen-bond acceptors (Lipinski definition) is 6. The maximum Gasteiger partial charge on any atom is 0.349 e. The fraction of sp³-hybridized carbons (Fsp3) is 0.417. The lowest BCUT2D eigenvalue weighted by Crippen LogP contribution is -2.52. The van der Waals surface area contributed by atoms with Gasteiger partial charge in [0.25, 0.3) is 11.5 Å². The van der Waals surface area contributed by atoms with E-state index in [0.717, 1.165) is 0 Å². The van der Waals surface area contributed by atoms with Crippen LogP contribution in [0, 0.1) is 0 Å². The van der Waals surface area contributed by atoms with Crippen LogP contribution in [-0.2, 0) is 0 Å². The number of para-hydroxylation sites is 1. The van der Waals surface area contributed by atoms with Crippen molar-refractivity contribution < 1.29 is 9.21 Å². The summed E-state index contributed by atoms with van der Waals surface area (Å²) < 4.78 is 8.18. The quantitative estimate of drug-likeness (QED) is 0.563. The Labute approximate surface area is 190 Å². The zero-order valence-electron chi connectivity index (χ0n) is 19.3. The highest BCUT2D eigenvalue weighted by Crippen LogP contribution is 2.19. The first-order valence-electron chi connectivity index (χ1n) is 11.1. The van der Waals surface area contributed by atoms with Crippen LogP contribution in [0.4, 0.5) is 5.82 Å². The molecule has 1 aliphatic rings. The van der Waals surface area contributed by atoms with Crippen molar-refractivity contribution >= 4 is 22.7 Å². The Morgan fingerprint density at radius 1 is 0.879 bits per heavy atom. The van der Waals surface area contributed by atoms with E-state index in [9.17, 15) is 19.2 Å². The number of nitrogens with zero attached hydrogens (tertiary/aromatic N) is 4. The number of amides is 1. The highest BCUT2D eigenvalue weighted by Gasteiger charge is 2.27. The Hall–Kier alpha value is -3.62. The molecule has 0 N–H and O–H groups in total. The van der Waals surface area contributed by atoms with E-state index in [1.807, 2.05) is 24.8 Å². The fourth-order valence-corrected chi connectivity index (χ4v) is 4.28. The van der Waals surface area contributed by atoms with Crippen LogP contribution in [0.3, 0.4) is 0 Å². The second-order valence-corrected chi connectivity index (χ2v) is 8.82. The van der Waals surface area contributed by atoms with Gasteiger partial charge in [0.05, 0.1) is 0 Å². The standard InChI is InChI=1S/C24H28N4O5/c1-15(2)27-20(14-21(29)28(16(3)4)24(27)32)25-9-11-26(12-10-25)22(30)18-13-17-7-5-6-8-19(17)33-23(18)31/h5-8,13-16H,9-12H2,1-4H3. The summed E-state index contributed by atoms with van der Waals surface area (Å²) in [6.07, 6.45) is 0. The van der Waals surface area contributed by atoms with Gasteiger partial charge in [-0.15, -0.1) is 0 Å². The van der Waals surface area contributed by atoms with Gasteiger partial charge < -0.3 is 14.2 Å². The highest BCUT2D eigenvalue weighted by atomic mass is 16.4. The number of aromatic nitrogens is 2. The lowest BCUT2D eigenvalue weighted by Gasteiger charge is -2.37. The molecule has 9 nitrogen and oxygen atoms in total. The van der Waals surface area contributed by atoms with Gasteiger partial charge in [0.2, 0.25) is 0 Å². The maximum absolute atomic E-state index is 13.0. The van der Waals surface area contributed by atoms with Crippen molar-refractivity contribution in [1.82, 2.24) is 14.0 Å². The monoisotopic (exact) mass is 452 g/mol. The first kappa shape index (κ1) is 22.6. The number of piperazine rings is 1. The molecule has 1 amide bonds. The Kier molecular flexibility index (Phi) is 5.97. The normalized spacial score (nSPS) is 14.5. The van der Waals surface area contributed by atoms with E-state index in [1.165, 1.54) is 10.6 Å². The minimum absolute atomic E-state index is 0.000713. The van der Waals surface area contributed by atoms with E-state index in [0.29, 0.717) is 43.0 Å². The third-order valence-corrected chi connectivity index (χ3v) is 5.94. The molecule has 0 spiro atoms. The van der Waals surface area contributed by atoms with E-state index >= 15 is 0 Å². The van der Waals surface area contributed by atoms with Crippen LogP contribution >= 0.6 is 0 Å². The van der Waals surface area contributed by atoms with E-state index < -0.39 is 5.63 Å². The van der Waals surface area contributed by atoms with Gasteiger partial charge >= 0.3 is 11.3 Å². The number of hydrogen-bond donors (Lipinski definition) is 0. The molecule has 174 valence electrons. The van der Waals surface area contributed by atoms with Gasteiger partial charge in [-0.05, 0) is 39.8 Å². The molecule has 0 bridgehead atoms. The number of anilines is 1. The maximum atomic E-state index is 13.0. The van der Waals surface area contributed by atoms with Crippen LogP contribution in [-0.4, -0.2) is 46.1 Å². The first-order valence-corrected chi connectivity index (χ1v) is 11.1. The van der Waals surface area contributed by atoms with E-state index in [2.05, 4.69) is 0 Å². The molecule has 9 heteroatoms. The average Bonchev–Trinajstić information content (AvgIpc) is 2.77. The lowest BCUT2D eigenvalue weighted by atomic mass is 10.1. The molecule has 0 saturated carbocycles. The molecule has 3 heterocycles. The third kappa shape index (κ3) is 4.10. The van der Waals surface area contributed by atoms with Gasteiger partial charge in [-0.3, -0.25) is 18.7 Å². The van der Waals surface area contributed by atoms with E-state index in [-0.39, 0.29) is 34.8 Å². The molecule has 1 aromatic carbocycles. The summed E-state index contributed by atoms with van der Waals surface area (Å²) in [5, 5.41) is 0.686. The summed E-state index contributed by atoms with van der Waals surface area (Å²) in [5.41, 5.74) is -0.900. The van der Waals surface area contributed by atoms with Gasteiger partial charge in [-0.2, -0.15) is 0 Å². The third-order valence-electron chi connectivity index (χ3n) is 5.94. The Bertz CT molecular complexity index is 1370. The SMILES string of the molecule is CC(C)n1c(N2CCN(C(=O)c3cc4ccccc4oc3=O)CC2)cc(=O)n(C(C)C)c1=O. The largest absolute Gasteiger partial charge is 0.422 e. The molecule has 0 radical (unpaired) electrons. The van der Waals surface area contributed by atoms with Gasteiger partial charge in [-0.1, -0.05) is 18.2 Å². The van der Waals surface area contributed by atoms with Crippen LogP contribution in [0.5, 0.6) is 0 Å². The van der Waals surface area contributed by atoms with Gasteiger partial charge in [0, 0.05) is 49.7 Å². The van der Waals surface area contributed by atoms with Gasteiger partial charge in [0.15, 0.2) is 0 Å². The second-order valence-electron chi connectivity index (χ2n) is 8.82. The van der Waals surface area contributed by atoms with Crippen LogP contribution < -0.4 is 21.8 Å². The van der Waals surface area contributed by atoms with E-state index in [4.69, 9.17) is 4.42 Å². The first-order chi connectivity index (χ1) is 15.7. The number of carbonyl (C=O) groups excluding carboxylic acids is 1. The minimum Gasteiger partial charge on any atom is -0.422 e. The second kappa shape index (κ2) is 8.73. The summed E-state index contributed by atoms with van der Waals surface area (Å²) >= 11 is 0. The summed E-state index contributed by atoms with van der Waals surface area (Å²) in [6.45, 7) is 8.98. The molecule has 0 atom stereocenters. The number of benzene rings is 1. The van der Waals surface area contributed by atoms with Crippen molar-refractivity contribution in [2.45, 2.75) is 39.8 Å². The van der Waals surface area contributed by atoms with Crippen molar-refractivity contribution in [3.05, 3.63) is 73.2 Å². The van der Waals surface area contributed by atoms with Gasteiger partial charge in [0.1, 0.15) is 17.0 Å². The van der Waals surface area contributed by atoms with Crippen LogP contribution in [0.2, 0.25) is 0 Å². The van der Waals surface area contributed by atoms with Crippen LogP contribution in [0.1, 0.15) is 50.1 Å². The number of rotatable bonds is 4. The summed E-state index contributed by atoms with van der Waals surface area (Å²) in [5.74, 6) is 0.167. The fourth-order valence-electron chi connectivity index (χ4n) is 4.28. The van der Waals surface area contributed by atoms with Crippen LogP contribution in [0.25, 0.3) is 11.0 Å². The van der Waals surface area contributed by atoms with E-state index in [1.54, 1.807) is 47.6 Å². The molecular formula is C24H28N4O5. The molecule has 1 saturated heterocycles. The number of carbonyl (C=O) groups is 1. The predicted molar refractivity (Wildman–Crippen MR) is 126 cm³/mol. The van der Waals surface area contributed by atoms with Crippen molar-refractivity contribution in [2.75, 3.05) is 31.1 Å². The number of fused-ring (bicyclic) bond motifs is 1. The Balaban J connectivity index is 1.59. The van der Waals surface area contributed by atoms with Crippen LogP contribution in [0.15, 0.2) is 55.2 Å². The molecule has 2 aromatic heterocycles. The molecule has 1 fully saturated rings. The lowest BCUT2D eigenvalue weighted by molar-refractivity contribution is 0.0742. The van der Waals surface area contributed by atoms with Crippen molar-refractivity contribution in [1.29, 1.82) is 0 Å². The molecule has 0 unspecified atom stereocenters. The zero-order chi connectivity index (χ0) is 23.9. The summed E-state index contributed by atoms with van der Waals surface area (Å²) in [7, 11) is 0. The molecule has 4 rings (SSSR count). The van der Waals surface area contributed by atoms with Crippen molar-refractivity contribution in [2.24, 2.45) is 0 Å².